The topological polar surface area (TPSA) is 94.2 Å². The highest BCUT2D eigenvalue weighted by molar-refractivity contribution is 7.89. The number of carbonyl (C=O) groups is 1. The van der Waals surface area contributed by atoms with E-state index in [4.69, 9.17) is 25.8 Å². The van der Waals surface area contributed by atoms with Crippen LogP contribution in [0.5, 0.6) is 17.2 Å². The fourth-order valence-corrected chi connectivity index (χ4v) is 4.96. The summed E-state index contributed by atoms with van der Waals surface area (Å²) in [7, 11) is -2.26. The molecule has 3 rings (SSSR count). The fraction of sp³-hybridized carbons (Fsp3) is 0.381. The Labute approximate surface area is 187 Å². The molecule has 0 aliphatic carbocycles. The third kappa shape index (κ3) is 4.89. The van der Waals surface area contributed by atoms with Crippen molar-refractivity contribution in [1.82, 2.24) is 4.31 Å². The summed E-state index contributed by atoms with van der Waals surface area (Å²) in [4.78, 5) is 13.0. The van der Waals surface area contributed by atoms with E-state index in [2.05, 4.69) is 5.32 Å². The molecular weight excluding hydrogens is 444 g/mol. The molecular formula is C21H25ClN2O6S. The Bertz CT molecular complexity index is 1070. The lowest BCUT2D eigenvalue weighted by atomic mass is 10.1. The molecule has 1 aliphatic heterocycles. The van der Waals surface area contributed by atoms with Crippen LogP contribution in [0.3, 0.4) is 0 Å². The van der Waals surface area contributed by atoms with Crippen LogP contribution in [-0.4, -0.2) is 52.0 Å². The molecule has 8 nitrogen and oxygen atoms in total. The molecule has 31 heavy (non-hydrogen) atoms. The van der Waals surface area contributed by atoms with Gasteiger partial charge in [0.1, 0.15) is 5.75 Å². The first kappa shape index (κ1) is 23.2. The second-order valence-electron chi connectivity index (χ2n) is 6.74. The Balaban J connectivity index is 1.94. The van der Waals surface area contributed by atoms with Crippen molar-refractivity contribution < 1.29 is 27.4 Å². The molecule has 2 aromatic carbocycles. The van der Waals surface area contributed by atoms with Crippen LogP contribution in [0, 0.1) is 0 Å². The van der Waals surface area contributed by atoms with Crippen molar-refractivity contribution in [2.45, 2.75) is 25.2 Å². The van der Waals surface area contributed by atoms with Gasteiger partial charge in [-0.25, -0.2) is 8.42 Å². The van der Waals surface area contributed by atoms with Gasteiger partial charge in [0.2, 0.25) is 10.0 Å². The van der Waals surface area contributed by atoms with Gasteiger partial charge in [-0.05, 0) is 30.3 Å². The van der Waals surface area contributed by atoms with Gasteiger partial charge in [-0.1, -0.05) is 25.4 Å². The summed E-state index contributed by atoms with van der Waals surface area (Å²) >= 11 is 6.28. The highest BCUT2D eigenvalue weighted by atomic mass is 35.5. The van der Waals surface area contributed by atoms with E-state index >= 15 is 0 Å². The fourth-order valence-electron chi connectivity index (χ4n) is 3.21. The largest absolute Gasteiger partial charge is 0.495 e. The molecule has 0 aromatic heterocycles. The second-order valence-corrected chi connectivity index (χ2v) is 9.09. The van der Waals surface area contributed by atoms with Crippen LogP contribution in [0.25, 0.3) is 0 Å². The molecule has 1 aliphatic rings. The van der Waals surface area contributed by atoms with Gasteiger partial charge < -0.3 is 19.5 Å². The Hall–Kier alpha value is -2.49. The minimum absolute atomic E-state index is 0.0593. The second kappa shape index (κ2) is 9.76. The maximum atomic E-state index is 12.9. The first-order chi connectivity index (χ1) is 14.8. The molecule has 10 heteroatoms. The molecule has 0 atom stereocenters. The van der Waals surface area contributed by atoms with Crippen LogP contribution in [-0.2, 0) is 10.0 Å². The summed E-state index contributed by atoms with van der Waals surface area (Å²) < 4.78 is 43.6. The number of nitrogens with one attached hydrogen (secondary N) is 1. The van der Waals surface area contributed by atoms with Gasteiger partial charge in [0.05, 0.1) is 35.9 Å². The maximum absolute atomic E-state index is 12.9. The predicted octanol–water partition coefficient (Wildman–Crippen LogP) is 3.79. The number of anilines is 1. The lowest BCUT2D eigenvalue weighted by Gasteiger charge is -2.20. The minimum Gasteiger partial charge on any atom is -0.495 e. The number of carbonyl (C=O) groups excluding carboxylic acids is 1. The SMILES string of the molecule is CCN(CC)S(=O)(=O)c1ccc(OC)c(NC(=O)c2cc(Cl)c3c(c2)OCCCO3)c1. The van der Waals surface area contributed by atoms with E-state index in [-0.39, 0.29) is 21.2 Å². The number of methoxy groups -OCH3 is 1. The van der Waals surface area contributed by atoms with Gasteiger partial charge in [0.15, 0.2) is 11.5 Å². The van der Waals surface area contributed by atoms with E-state index in [1.807, 2.05) is 0 Å². The van der Waals surface area contributed by atoms with Gasteiger partial charge in [0, 0.05) is 25.1 Å². The highest BCUT2D eigenvalue weighted by Gasteiger charge is 2.24. The molecule has 1 heterocycles. The maximum Gasteiger partial charge on any atom is 0.255 e. The Morgan fingerprint density at radius 1 is 1.16 bits per heavy atom. The third-order valence-corrected chi connectivity index (χ3v) is 7.15. The predicted molar refractivity (Wildman–Crippen MR) is 118 cm³/mol. The van der Waals surface area contributed by atoms with Crippen LogP contribution < -0.4 is 19.5 Å². The summed E-state index contributed by atoms with van der Waals surface area (Å²) in [5, 5.41) is 2.97. The van der Waals surface area contributed by atoms with Gasteiger partial charge >= 0.3 is 0 Å². The third-order valence-electron chi connectivity index (χ3n) is 4.83. The summed E-state index contributed by atoms with van der Waals surface area (Å²) in [5.74, 6) is 0.626. The number of ether oxygens (including phenoxy) is 3. The normalized spacial score (nSPS) is 13.6. The van der Waals surface area contributed by atoms with Crippen LogP contribution >= 0.6 is 11.6 Å². The van der Waals surface area contributed by atoms with Gasteiger partial charge in [0.25, 0.3) is 5.91 Å². The Kier molecular flexibility index (Phi) is 7.30. The first-order valence-corrected chi connectivity index (χ1v) is 11.7. The summed E-state index contributed by atoms with van der Waals surface area (Å²) in [6.07, 6.45) is 0.706. The van der Waals surface area contributed by atoms with E-state index in [0.29, 0.717) is 50.0 Å². The van der Waals surface area contributed by atoms with E-state index in [9.17, 15) is 13.2 Å². The number of sulfonamides is 1. The summed E-state index contributed by atoms with van der Waals surface area (Å²) in [6.45, 7) is 5.13. The van der Waals surface area contributed by atoms with Crippen molar-refractivity contribution >= 4 is 33.2 Å². The van der Waals surface area contributed by atoms with Crippen LogP contribution in [0.4, 0.5) is 5.69 Å². The lowest BCUT2D eigenvalue weighted by Crippen LogP contribution is -2.30. The van der Waals surface area contributed by atoms with Crippen molar-refractivity contribution in [2.75, 3.05) is 38.7 Å². The quantitative estimate of drug-likeness (QED) is 0.664. The molecule has 0 radical (unpaired) electrons. The lowest BCUT2D eigenvalue weighted by molar-refractivity contribution is 0.102. The van der Waals surface area contributed by atoms with E-state index < -0.39 is 15.9 Å². The molecule has 1 N–H and O–H groups in total. The zero-order chi connectivity index (χ0) is 22.6. The van der Waals surface area contributed by atoms with Gasteiger partial charge in [-0.15, -0.1) is 0 Å². The summed E-state index contributed by atoms with van der Waals surface area (Å²) in [5.41, 5.74) is 0.470. The number of amides is 1. The number of hydrogen-bond acceptors (Lipinski definition) is 6. The number of nitrogens with zero attached hydrogens (tertiary/aromatic N) is 1. The minimum atomic E-state index is -3.70. The molecule has 168 valence electrons. The standard InChI is InChI=1S/C21H25ClN2O6S/c1-4-24(5-2)31(26,27)15-7-8-18(28-3)17(13-15)23-21(25)14-11-16(22)20-19(12-14)29-9-6-10-30-20/h7-8,11-13H,4-6,9-10H2,1-3H3,(H,23,25). The van der Waals surface area contributed by atoms with E-state index in [1.165, 1.54) is 35.7 Å². The summed E-state index contributed by atoms with van der Waals surface area (Å²) in [6, 6.07) is 7.37. The average molecular weight is 469 g/mol. The molecule has 2 aromatic rings. The van der Waals surface area contributed by atoms with Crippen LogP contribution in [0.2, 0.25) is 5.02 Å². The molecule has 0 fully saturated rings. The molecule has 0 bridgehead atoms. The average Bonchev–Trinajstić information content (AvgIpc) is 3.00. The van der Waals surface area contributed by atoms with Crippen LogP contribution in [0.15, 0.2) is 35.2 Å². The molecule has 1 amide bonds. The van der Waals surface area contributed by atoms with Gasteiger partial charge in [-0.2, -0.15) is 4.31 Å². The van der Waals surface area contributed by atoms with E-state index in [0.717, 1.165) is 0 Å². The van der Waals surface area contributed by atoms with Crippen molar-refractivity contribution in [3.63, 3.8) is 0 Å². The van der Waals surface area contributed by atoms with Crippen molar-refractivity contribution in [1.29, 1.82) is 0 Å². The number of hydrogen-bond donors (Lipinski definition) is 1. The zero-order valence-corrected chi connectivity index (χ0v) is 19.2. The van der Waals surface area contributed by atoms with Crippen molar-refractivity contribution in [3.05, 3.63) is 40.9 Å². The number of benzene rings is 2. The Morgan fingerprint density at radius 3 is 2.55 bits per heavy atom. The van der Waals surface area contributed by atoms with Gasteiger partial charge in [-0.3, -0.25) is 4.79 Å². The van der Waals surface area contributed by atoms with E-state index in [1.54, 1.807) is 19.9 Å². The van der Waals surface area contributed by atoms with Crippen molar-refractivity contribution in [3.8, 4) is 17.2 Å². The number of fused-ring (bicyclic) bond motifs is 1. The Morgan fingerprint density at radius 2 is 1.87 bits per heavy atom. The molecule has 0 unspecified atom stereocenters. The monoisotopic (exact) mass is 468 g/mol. The highest BCUT2D eigenvalue weighted by Crippen LogP contribution is 2.38. The smallest absolute Gasteiger partial charge is 0.255 e. The number of halogens is 1. The van der Waals surface area contributed by atoms with Crippen molar-refractivity contribution in [2.24, 2.45) is 0 Å². The molecule has 0 spiro atoms. The number of rotatable bonds is 7. The zero-order valence-electron chi connectivity index (χ0n) is 17.6. The molecule has 0 saturated heterocycles. The molecule has 0 saturated carbocycles. The van der Waals surface area contributed by atoms with Crippen LogP contribution in [0.1, 0.15) is 30.6 Å². The first-order valence-electron chi connectivity index (χ1n) is 9.90.